The molecule has 1 N–H and O–H groups in total. The highest BCUT2D eigenvalue weighted by Gasteiger charge is 2.31. The number of rotatable bonds is 6. The second-order valence-electron chi connectivity index (χ2n) is 3.13. The molecule has 0 heterocycles. The van der Waals surface area contributed by atoms with Gasteiger partial charge in [-0.25, -0.2) is 0 Å². The number of ether oxygens (including phenoxy) is 1. The number of nitrogens with one attached hydrogen (secondary N) is 1. The highest BCUT2D eigenvalue weighted by atomic mass is 32.2. The van der Waals surface area contributed by atoms with Crippen LogP contribution in [0.3, 0.4) is 0 Å². The monoisotopic (exact) mass is 205 g/mol. The van der Waals surface area contributed by atoms with E-state index < -0.39 is 5.54 Å². The first kappa shape index (κ1) is 12.8. The van der Waals surface area contributed by atoms with Crippen molar-refractivity contribution in [1.29, 1.82) is 0 Å². The van der Waals surface area contributed by atoms with Gasteiger partial charge in [-0.05, 0) is 26.1 Å². The molecule has 0 saturated carbocycles. The summed E-state index contributed by atoms with van der Waals surface area (Å²) in [5.74, 6) is 1.64. The van der Waals surface area contributed by atoms with E-state index in [2.05, 4.69) is 12.2 Å². The Labute approximate surface area is 84.6 Å². The van der Waals surface area contributed by atoms with Gasteiger partial charge in [0.1, 0.15) is 5.54 Å². The molecule has 0 aromatic heterocycles. The molecule has 0 aliphatic rings. The van der Waals surface area contributed by atoms with E-state index in [-0.39, 0.29) is 5.97 Å². The molecule has 78 valence electrons. The third-order valence-corrected chi connectivity index (χ3v) is 3.41. The Bertz CT molecular complexity index is 164. The lowest BCUT2D eigenvalue weighted by Crippen LogP contribution is -2.50. The van der Waals surface area contributed by atoms with Crippen LogP contribution in [-0.2, 0) is 9.53 Å². The standard InChI is InChI=1S/C9H19NO2S/c1-5-6-13-7-9(2,10-3)8(11)12-4/h10H,5-7H2,1-4H3. The van der Waals surface area contributed by atoms with Crippen molar-refractivity contribution in [1.82, 2.24) is 5.32 Å². The molecular formula is C9H19NO2S. The fraction of sp³-hybridized carbons (Fsp3) is 0.889. The second-order valence-corrected chi connectivity index (χ2v) is 4.23. The number of carbonyl (C=O) groups excluding carboxylic acids is 1. The Hall–Kier alpha value is -0.220. The molecule has 0 bridgehead atoms. The van der Waals surface area contributed by atoms with Gasteiger partial charge in [-0.15, -0.1) is 0 Å². The quantitative estimate of drug-likeness (QED) is 0.524. The largest absolute Gasteiger partial charge is 0.468 e. The van der Waals surface area contributed by atoms with E-state index in [0.29, 0.717) is 0 Å². The molecule has 13 heavy (non-hydrogen) atoms. The summed E-state index contributed by atoms with van der Waals surface area (Å²) in [5.41, 5.74) is -0.547. The van der Waals surface area contributed by atoms with Gasteiger partial charge in [0.25, 0.3) is 0 Å². The van der Waals surface area contributed by atoms with Gasteiger partial charge in [-0.3, -0.25) is 4.79 Å². The fourth-order valence-corrected chi connectivity index (χ4v) is 1.98. The van der Waals surface area contributed by atoms with Crippen LogP contribution in [0.1, 0.15) is 20.3 Å². The van der Waals surface area contributed by atoms with Crippen LogP contribution < -0.4 is 5.32 Å². The fourth-order valence-electron chi connectivity index (χ4n) is 0.879. The van der Waals surface area contributed by atoms with Gasteiger partial charge >= 0.3 is 5.97 Å². The Kier molecular flexibility index (Phi) is 6.16. The normalized spacial score (nSPS) is 15.1. The Balaban J connectivity index is 4.03. The lowest BCUT2D eigenvalue weighted by atomic mass is 10.1. The Morgan fingerprint density at radius 3 is 2.62 bits per heavy atom. The maximum absolute atomic E-state index is 11.4. The van der Waals surface area contributed by atoms with Crippen molar-refractivity contribution in [2.45, 2.75) is 25.8 Å². The summed E-state index contributed by atoms with van der Waals surface area (Å²) >= 11 is 1.77. The summed E-state index contributed by atoms with van der Waals surface area (Å²) in [6.45, 7) is 3.99. The maximum atomic E-state index is 11.4. The summed E-state index contributed by atoms with van der Waals surface area (Å²) in [7, 11) is 3.20. The van der Waals surface area contributed by atoms with Gasteiger partial charge in [-0.2, -0.15) is 11.8 Å². The lowest BCUT2D eigenvalue weighted by Gasteiger charge is -2.25. The average molecular weight is 205 g/mol. The zero-order valence-electron chi connectivity index (χ0n) is 8.85. The molecule has 0 aliphatic heterocycles. The van der Waals surface area contributed by atoms with Gasteiger partial charge < -0.3 is 10.1 Å². The van der Waals surface area contributed by atoms with Crippen LogP contribution in [0.2, 0.25) is 0 Å². The van der Waals surface area contributed by atoms with Crippen molar-refractivity contribution >= 4 is 17.7 Å². The van der Waals surface area contributed by atoms with E-state index in [1.807, 2.05) is 6.92 Å². The summed E-state index contributed by atoms with van der Waals surface area (Å²) in [6.07, 6.45) is 1.13. The zero-order chi connectivity index (χ0) is 10.3. The smallest absolute Gasteiger partial charge is 0.326 e. The SMILES string of the molecule is CCCSCC(C)(NC)C(=O)OC. The molecule has 0 radical (unpaired) electrons. The van der Waals surface area contributed by atoms with Crippen LogP contribution in [-0.4, -0.2) is 37.2 Å². The van der Waals surface area contributed by atoms with Gasteiger partial charge in [0.05, 0.1) is 7.11 Å². The highest BCUT2D eigenvalue weighted by Crippen LogP contribution is 2.15. The van der Waals surface area contributed by atoms with Crippen LogP contribution in [0.5, 0.6) is 0 Å². The number of methoxy groups -OCH3 is 1. The van der Waals surface area contributed by atoms with Gasteiger partial charge in [0, 0.05) is 5.75 Å². The van der Waals surface area contributed by atoms with Gasteiger partial charge in [-0.1, -0.05) is 6.92 Å². The molecule has 1 unspecified atom stereocenters. The van der Waals surface area contributed by atoms with Crippen molar-refractivity contribution in [3.8, 4) is 0 Å². The zero-order valence-corrected chi connectivity index (χ0v) is 9.66. The second kappa shape index (κ2) is 6.27. The van der Waals surface area contributed by atoms with Crippen LogP contribution in [0, 0.1) is 0 Å². The van der Waals surface area contributed by atoms with Crippen molar-refractivity contribution in [2.24, 2.45) is 0 Å². The lowest BCUT2D eigenvalue weighted by molar-refractivity contribution is -0.146. The molecule has 0 amide bonds. The first-order valence-electron chi connectivity index (χ1n) is 4.45. The van der Waals surface area contributed by atoms with Gasteiger partial charge in [0.2, 0.25) is 0 Å². The molecule has 0 aromatic rings. The summed E-state index contributed by atoms with van der Waals surface area (Å²) in [4.78, 5) is 11.4. The molecule has 0 aromatic carbocycles. The molecule has 1 atom stereocenters. The first-order chi connectivity index (χ1) is 6.10. The average Bonchev–Trinajstić information content (AvgIpc) is 2.16. The first-order valence-corrected chi connectivity index (χ1v) is 5.61. The minimum atomic E-state index is -0.547. The van der Waals surface area contributed by atoms with E-state index >= 15 is 0 Å². The van der Waals surface area contributed by atoms with Crippen LogP contribution in [0.15, 0.2) is 0 Å². The summed E-state index contributed by atoms with van der Waals surface area (Å²) in [6, 6.07) is 0. The molecule has 0 spiro atoms. The molecule has 0 aliphatic carbocycles. The Morgan fingerprint density at radius 1 is 1.62 bits per heavy atom. The number of esters is 1. The molecule has 3 nitrogen and oxygen atoms in total. The third-order valence-electron chi connectivity index (χ3n) is 1.93. The summed E-state index contributed by atoms with van der Waals surface area (Å²) in [5, 5.41) is 2.99. The number of carbonyl (C=O) groups is 1. The minimum Gasteiger partial charge on any atom is -0.468 e. The number of likely N-dealkylation sites (N-methyl/N-ethyl adjacent to an activating group) is 1. The van der Waals surface area contributed by atoms with Crippen LogP contribution in [0.25, 0.3) is 0 Å². The molecule has 0 rings (SSSR count). The third kappa shape index (κ3) is 4.00. The molecule has 0 saturated heterocycles. The number of hydrogen-bond acceptors (Lipinski definition) is 4. The highest BCUT2D eigenvalue weighted by molar-refractivity contribution is 7.99. The van der Waals surface area contributed by atoms with Crippen LogP contribution in [0.4, 0.5) is 0 Å². The number of thioether (sulfide) groups is 1. The maximum Gasteiger partial charge on any atom is 0.326 e. The number of hydrogen-bond donors (Lipinski definition) is 1. The van der Waals surface area contributed by atoms with Gasteiger partial charge in [0.15, 0.2) is 0 Å². The molecule has 0 fully saturated rings. The Morgan fingerprint density at radius 2 is 2.23 bits per heavy atom. The van der Waals surface area contributed by atoms with Crippen molar-refractivity contribution in [2.75, 3.05) is 25.7 Å². The topological polar surface area (TPSA) is 38.3 Å². The van der Waals surface area contributed by atoms with E-state index in [1.165, 1.54) is 7.11 Å². The van der Waals surface area contributed by atoms with E-state index in [4.69, 9.17) is 4.74 Å². The minimum absolute atomic E-state index is 0.196. The van der Waals surface area contributed by atoms with E-state index in [0.717, 1.165) is 17.9 Å². The predicted molar refractivity (Wildman–Crippen MR) is 57.1 cm³/mol. The molecule has 4 heteroatoms. The predicted octanol–water partition coefficient (Wildman–Crippen LogP) is 1.28. The molecular weight excluding hydrogens is 186 g/mol. The van der Waals surface area contributed by atoms with E-state index in [9.17, 15) is 4.79 Å². The van der Waals surface area contributed by atoms with Crippen LogP contribution >= 0.6 is 11.8 Å². The van der Waals surface area contributed by atoms with E-state index in [1.54, 1.807) is 18.8 Å². The summed E-state index contributed by atoms with van der Waals surface area (Å²) < 4.78 is 4.72. The van der Waals surface area contributed by atoms with Crippen molar-refractivity contribution in [3.05, 3.63) is 0 Å². The van der Waals surface area contributed by atoms with Crippen molar-refractivity contribution in [3.63, 3.8) is 0 Å². The van der Waals surface area contributed by atoms with Crippen molar-refractivity contribution < 1.29 is 9.53 Å².